The van der Waals surface area contributed by atoms with Gasteiger partial charge in [-0.25, -0.2) is 14.5 Å². The van der Waals surface area contributed by atoms with Crippen LogP contribution in [0, 0.1) is 12.8 Å². The van der Waals surface area contributed by atoms with Crippen LogP contribution in [0.25, 0.3) is 0 Å². The van der Waals surface area contributed by atoms with E-state index in [0.29, 0.717) is 29.5 Å². The molecule has 0 radical (unpaired) electrons. The number of ether oxygens (including phenoxy) is 3. The topological polar surface area (TPSA) is 77.1 Å². The highest BCUT2D eigenvalue weighted by molar-refractivity contribution is 5.91. The van der Waals surface area contributed by atoms with Crippen molar-refractivity contribution in [2.45, 2.75) is 60.1 Å². The van der Waals surface area contributed by atoms with Crippen LogP contribution in [-0.4, -0.2) is 43.4 Å². The third-order valence-corrected chi connectivity index (χ3v) is 3.93. The molecule has 0 saturated heterocycles. The van der Waals surface area contributed by atoms with Gasteiger partial charge in [0.2, 0.25) is 0 Å². The average molecular weight is 395 g/mol. The molecule has 7 heteroatoms. The largest absolute Gasteiger partial charge is 0.496 e. The molecule has 0 unspecified atom stereocenters. The maximum atomic E-state index is 12.8. The monoisotopic (exact) mass is 394 g/mol. The number of hydrogen-bond donors (Lipinski definition) is 1. The van der Waals surface area contributed by atoms with Gasteiger partial charge in [-0.05, 0) is 57.7 Å². The second-order valence-electron chi connectivity index (χ2n) is 8.13. The Morgan fingerprint density at radius 3 is 2.07 bits per heavy atom. The Kier molecular flexibility index (Phi) is 8.60. The molecule has 1 aromatic carbocycles. The van der Waals surface area contributed by atoms with Crippen molar-refractivity contribution in [2.75, 3.05) is 20.8 Å². The molecule has 158 valence electrons. The normalized spacial score (nSPS) is 11.2. The van der Waals surface area contributed by atoms with Crippen molar-refractivity contribution < 1.29 is 23.8 Å². The van der Waals surface area contributed by atoms with Gasteiger partial charge in [0.1, 0.15) is 17.1 Å². The first-order valence-electron chi connectivity index (χ1n) is 9.48. The van der Waals surface area contributed by atoms with E-state index in [1.54, 1.807) is 20.8 Å². The summed E-state index contributed by atoms with van der Waals surface area (Å²) in [6.45, 7) is 11.8. The molecule has 7 nitrogen and oxygen atoms in total. The van der Waals surface area contributed by atoms with Crippen molar-refractivity contribution in [2.24, 2.45) is 5.92 Å². The number of methoxy groups -OCH3 is 2. The highest BCUT2D eigenvalue weighted by atomic mass is 16.6. The molecule has 0 atom stereocenters. The molecule has 0 aromatic heterocycles. The quantitative estimate of drug-likeness (QED) is 0.736. The molecular weight excluding hydrogens is 360 g/mol. The van der Waals surface area contributed by atoms with Crippen LogP contribution >= 0.6 is 0 Å². The number of benzene rings is 1. The Hall–Kier alpha value is -2.44. The zero-order valence-corrected chi connectivity index (χ0v) is 18.3. The van der Waals surface area contributed by atoms with Gasteiger partial charge in [0.25, 0.3) is 0 Å². The molecule has 0 aliphatic carbocycles. The van der Waals surface area contributed by atoms with Gasteiger partial charge in [-0.15, -0.1) is 0 Å². The highest BCUT2D eigenvalue weighted by Gasteiger charge is 2.29. The van der Waals surface area contributed by atoms with Crippen LogP contribution in [0.4, 0.5) is 9.59 Å². The van der Waals surface area contributed by atoms with E-state index < -0.39 is 17.7 Å². The number of urea groups is 1. The van der Waals surface area contributed by atoms with E-state index in [0.717, 1.165) is 16.9 Å². The lowest BCUT2D eigenvalue weighted by Crippen LogP contribution is -2.46. The van der Waals surface area contributed by atoms with Crippen molar-refractivity contribution in [3.63, 3.8) is 0 Å². The summed E-state index contributed by atoms with van der Waals surface area (Å²) >= 11 is 0. The number of carbonyl (C=O) groups is 2. The summed E-state index contributed by atoms with van der Waals surface area (Å²) in [7, 11) is 3.08. The van der Waals surface area contributed by atoms with Gasteiger partial charge in [-0.3, -0.25) is 0 Å². The third-order valence-electron chi connectivity index (χ3n) is 3.93. The fourth-order valence-corrected chi connectivity index (χ4v) is 2.53. The Balaban J connectivity index is 3.18. The van der Waals surface area contributed by atoms with E-state index in [-0.39, 0.29) is 6.54 Å². The molecule has 3 amide bonds. The van der Waals surface area contributed by atoms with Gasteiger partial charge in [-0.2, -0.15) is 0 Å². The molecule has 0 aliphatic rings. The van der Waals surface area contributed by atoms with Crippen LogP contribution in [-0.2, 0) is 11.3 Å². The molecule has 1 rings (SSSR count). The number of amides is 3. The van der Waals surface area contributed by atoms with Gasteiger partial charge in [0, 0.05) is 6.54 Å². The smallest absolute Gasteiger partial charge is 0.418 e. The standard InChI is InChI=1S/C21H34N2O5/c1-14(2)9-10-22-19(24)23(20(25)28-21(4,5)6)13-16-17(26-7)11-15(3)12-18(16)27-8/h11-12,14H,9-10,13H2,1-8H3,(H,22,24). The molecule has 28 heavy (non-hydrogen) atoms. The first-order valence-corrected chi connectivity index (χ1v) is 9.48. The number of rotatable bonds is 7. The molecule has 0 fully saturated rings. The zero-order chi connectivity index (χ0) is 21.5. The molecule has 0 spiro atoms. The minimum absolute atomic E-state index is 0.0327. The SMILES string of the molecule is COc1cc(C)cc(OC)c1CN(C(=O)NCCC(C)C)C(=O)OC(C)(C)C. The summed E-state index contributed by atoms with van der Waals surface area (Å²) in [6.07, 6.45) is 0.0877. The van der Waals surface area contributed by atoms with Crippen molar-refractivity contribution in [1.29, 1.82) is 0 Å². The van der Waals surface area contributed by atoms with Crippen LogP contribution < -0.4 is 14.8 Å². The summed E-state index contributed by atoms with van der Waals surface area (Å²) in [5.74, 6) is 1.52. The van der Waals surface area contributed by atoms with Crippen LogP contribution in [0.3, 0.4) is 0 Å². The highest BCUT2D eigenvalue weighted by Crippen LogP contribution is 2.32. The molecule has 0 heterocycles. The lowest BCUT2D eigenvalue weighted by atomic mass is 10.1. The average Bonchev–Trinajstić information content (AvgIpc) is 2.57. The van der Waals surface area contributed by atoms with E-state index in [4.69, 9.17) is 14.2 Å². The lowest BCUT2D eigenvalue weighted by Gasteiger charge is -2.27. The number of nitrogens with one attached hydrogen (secondary N) is 1. The van der Waals surface area contributed by atoms with Crippen LogP contribution in [0.5, 0.6) is 11.5 Å². The maximum absolute atomic E-state index is 12.8. The summed E-state index contributed by atoms with van der Waals surface area (Å²) in [5.41, 5.74) is 0.817. The Bertz CT molecular complexity index is 655. The fourth-order valence-electron chi connectivity index (χ4n) is 2.53. The number of nitrogens with zero attached hydrogens (tertiary/aromatic N) is 1. The van der Waals surface area contributed by atoms with Gasteiger partial charge < -0.3 is 19.5 Å². The molecule has 0 bridgehead atoms. The van der Waals surface area contributed by atoms with Crippen molar-refractivity contribution >= 4 is 12.1 Å². The van der Waals surface area contributed by atoms with Crippen LogP contribution in [0.1, 0.15) is 52.2 Å². The predicted molar refractivity (Wildman–Crippen MR) is 109 cm³/mol. The van der Waals surface area contributed by atoms with Crippen molar-refractivity contribution in [3.05, 3.63) is 23.3 Å². The van der Waals surface area contributed by atoms with E-state index in [2.05, 4.69) is 19.2 Å². The number of imide groups is 1. The van der Waals surface area contributed by atoms with Gasteiger partial charge in [0.15, 0.2) is 0 Å². The molecule has 0 saturated carbocycles. The Morgan fingerprint density at radius 1 is 1.11 bits per heavy atom. The van der Waals surface area contributed by atoms with Crippen molar-refractivity contribution in [1.82, 2.24) is 10.2 Å². The second kappa shape index (κ2) is 10.2. The fraction of sp³-hybridized carbons (Fsp3) is 0.619. The summed E-state index contributed by atoms with van der Waals surface area (Å²) in [4.78, 5) is 26.5. The van der Waals surface area contributed by atoms with E-state index in [9.17, 15) is 9.59 Å². The van der Waals surface area contributed by atoms with Gasteiger partial charge in [-0.1, -0.05) is 13.8 Å². The van der Waals surface area contributed by atoms with Crippen LogP contribution in [0.15, 0.2) is 12.1 Å². The molecular formula is C21H34N2O5. The van der Waals surface area contributed by atoms with Crippen molar-refractivity contribution in [3.8, 4) is 11.5 Å². The van der Waals surface area contributed by atoms with Gasteiger partial charge in [0.05, 0.1) is 26.3 Å². The van der Waals surface area contributed by atoms with Crippen LogP contribution in [0.2, 0.25) is 0 Å². The predicted octanol–water partition coefficient (Wildman–Crippen LogP) is 4.51. The Morgan fingerprint density at radius 2 is 1.64 bits per heavy atom. The number of carbonyl (C=O) groups excluding carboxylic acids is 2. The number of aryl methyl sites for hydroxylation is 1. The summed E-state index contributed by atoms with van der Waals surface area (Å²) < 4.78 is 16.3. The summed E-state index contributed by atoms with van der Waals surface area (Å²) in [5, 5.41) is 2.79. The van der Waals surface area contributed by atoms with E-state index >= 15 is 0 Å². The first-order chi connectivity index (χ1) is 13.0. The minimum Gasteiger partial charge on any atom is -0.496 e. The van der Waals surface area contributed by atoms with Gasteiger partial charge >= 0.3 is 12.1 Å². The number of hydrogen-bond acceptors (Lipinski definition) is 5. The molecule has 0 aliphatic heterocycles. The van der Waals surface area contributed by atoms with E-state index in [1.165, 1.54) is 14.2 Å². The first kappa shape index (κ1) is 23.6. The lowest BCUT2D eigenvalue weighted by molar-refractivity contribution is 0.0307. The molecule has 1 N–H and O–H groups in total. The van der Waals surface area contributed by atoms with E-state index in [1.807, 2.05) is 19.1 Å². The Labute approximate surface area is 168 Å². The molecule has 1 aromatic rings. The summed E-state index contributed by atoms with van der Waals surface area (Å²) in [6, 6.07) is 3.16. The maximum Gasteiger partial charge on any atom is 0.418 e. The third kappa shape index (κ3) is 7.29. The minimum atomic E-state index is -0.727. The zero-order valence-electron chi connectivity index (χ0n) is 18.3. The second-order valence-corrected chi connectivity index (χ2v) is 8.13.